The summed E-state index contributed by atoms with van der Waals surface area (Å²) < 4.78 is 26.6. The lowest BCUT2D eigenvalue weighted by Crippen LogP contribution is -2.55. The molecule has 2 aromatic rings. The van der Waals surface area contributed by atoms with Crippen LogP contribution in [0.1, 0.15) is 67.7 Å². The predicted molar refractivity (Wildman–Crippen MR) is 151 cm³/mol. The van der Waals surface area contributed by atoms with Crippen LogP contribution in [0.2, 0.25) is 5.15 Å². The van der Waals surface area contributed by atoms with E-state index in [2.05, 4.69) is 9.97 Å². The van der Waals surface area contributed by atoms with E-state index < -0.39 is 23.1 Å². The van der Waals surface area contributed by atoms with Gasteiger partial charge in [0.2, 0.25) is 5.95 Å². The molecule has 2 aliphatic heterocycles. The van der Waals surface area contributed by atoms with Crippen molar-refractivity contribution in [1.29, 1.82) is 0 Å². The fourth-order valence-corrected chi connectivity index (χ4v) is 4.88. The third-order valence-corrected chi connectivity index (χ3v) is 6.79. The average molecular weight is 580 g/mol. The fourth-order valence-electron chi connectivity index (χ4n) is 4.75. The lowest BCUT2D eigenvalue weighted by molar-refractivity contribution is 0.0214. The molecule has 0 unspecified atom stereocenters. The van der Waals surface area contributed by atoms with Crippen molar-refractivity contribution in [3.8, 4) is 0 Å². The smallest absolute Gasteiger partial charge is 0.429 e. The first-order valence-electron chi connectivity index (χ1n) is 13.7. The van der Waals surface area contributed by atoms with Gasteiger partial charge in [0.15, 0.2) is 16.8 Å². The molecular formula is C27H39ClFN7O4. The standard InChI is InChI=1S/C27H39ClFN7O4/c1-17-16-33(24(37)39-26(2,3)4)13-14-34(17)23-31-20-18(15-30-21(28)19(20)29)22(32-23)35-11-9-8-10-12-36(35)25(38)40-27(5,6)7/h15,17H,8-14,16H2,1-7H3/t17-/m0/s1. The van der Waals surface area contributed by atoms with Crippen molar-refractivity contribution in [3.05, 3.63) is 17.2 Å². The molecule has 0 N–H and O–H groups in total. The van der Waals surface area contributed by atoms with Crippen molar-refractivity contribution >= 4 is 46.5 Å². The number of carbonyl (C=O) groups is 2. The van der Waals surface area contributed by atoms with Crippen molar-refractivity contribution in [2.24, 2.45) is 0 Å². The Balaban J connectivity index is 1.74. The Morgan fingerprint density at radius 3 is 2.25 bits per heavy atom. The fraction of sp³-hybridized carbons (Fsp3) is 0.667. The van der Waals surface area contributed by atoms with E-state index >= 15 is 4.39 Å². The molecule has 2 aliphatic rings. The summed E-state index contributed by atoms with van der Waals surface area (Å²) in [5.74, 6) is -0.145. The molecule has 1 atom stereocenters. The minimum absolute atomic E-state index is 0.00941. The van der Waals surface area contributed by atoms with Crippen molar-refractivity contribution in [2.75, 3.05) is 42.6 Å². The lowest BCUT2D eigenvalue weighted by atomic mass is 10.2. The number of hydrogen-bond acceptors (Lipinski definition) is 9. The molecule has 2 aromatic heterocycles. The first-order valence-corrected chi connectivity index (χ1v) is 14.1. The molecule has 0 spiro atoms. The summed E-state index contributed by atoms with van der Waals surface area (Å²) in [4.78, 5) is 43.0. The third kappa shape index (κ3) is 6.76. The van der Waals surface area contributed by atoms with Gasteiger partial charge in [-0.3, -0.25) is 5.01 Å². The van der Waals surface area contributed by atoms with E-state index in [9.17, 15) is 9.59 Å². The maximum Gasteiger partial charge on any atom is 0.429 e. The highest BCUT2D eigenvalue weighted by molar-refractivity contribution is 6.30. The number of fused-ring (bicyclic) bond motifs is 1. The Morgan fingerprint density at radius 2 is 1.60 bits per heavy atom. The molecule has 4 rings (SSSR count). The SMILES string of the molecule is C[C@H]1CN(C(=O)OC(C)(C)C)CCN1c1nc(N2CCCCCN2C(=O)OC(C)(C)C)c2cnc(Cl)c(F)c2n1. The quantitative estimate of drug-likeness (QED) is 0.432. The molecule has 2 amide bonds. The number of carbonyl (C=O) groups excluding carboxylic acids is 2. The minimum atomic E-state index is -0.761. The highest BCUT2D eigenvalue weighted by Crippen LogP contribution is 2.33. The Hall–Kier alpha value is -3.15. The third-order valence-electron chi connectivity index (χ3n) is 6.53. The summed E-state index contributed by atoms with van der Waals surface area (Å²) in [6.45, 7) is 14.9. The summed E-state index contributed by atoms with van der Waals surface area (Å²) in [6.07, 6.45) is 3.03. The van der Waals surface area contributed by atoms with E-state index in [-0.39, 0.29) is 28.8 Å². The number of hydrazine groups is 1. The molecule has 0 aliphatic carbocycles. The maximum absolute atomic E-state index is 15.4. The summed E-state index contributed by atoms with van der Waals surface area (Å²) in [7, 11) is 0. The Labute approximate surface area is 239 Å². The van der Waals surface area contributed by atoms with Gasteiger partial charge in [-0.1, -0.05) is 11.6 Å². The molecule has 2 fully saturated rings. The van der Waals surface area contributed by atoms with Crippen LogP contribution >= 0.6 is 11.6 Å². The molecule has 40 heavy (non-hydrogen) atoms. The van der Waals surface area contributed by atoms with Crippen LogP contribution in [-0.2, 0) is 9.47 Å². The maximum atomic E-state index is 15.4. The van der Waals surface area contributed by atoms with Crippen LogP contribution in [-0.4, -0.2) is 87.0 Å². The number of ether oxygens (including phenoxy) is 2. The Kier molecular flexibility index (Phi) is 8.49. The number of aromatic nitrogens is 3. The average Bonchev–Trinajstić information content (AvgIpc) is 3.10. The molecule has 0 saturated carbocycles. The molecule has 0 radical (unpaired) electrons. The molecule has 2 saturated heterocycles. The van der Waals surface area contributed by atoms with Crippen LogP contribution < -0.4 is 9.91 Å². The van der Waals surface area contributed by atoms with Gasteiger partial charge in [0.1, 0.15) is 16.7 Å². The number of rotatable bonds is 2. The predicted octanol–water partition coefficient (Wildman–Crippen LogP) is 5.41. The van der Waals surface area contributed by atoms with Gasteiger partial charge in [0, 0.05) is 45.0 Å². The van der Waals surface area contributed by atoms with E-state index in [1.807, 2.05) is 53.4 Å². The van der Waals surface area contributed by atoms with E-state index in [0.29, 0.717) is 43.9 Å². The second kappa shape index (κ2) is 11.4. The molecule has 0 bridgehead atoms. The monoisotopic (exact) mass is 579 g/mol. The van der Waals surface area contributed by atoms with Gasteiger partial charge in [0.25, 0.3) is 0 Å². The van der Waals surface area contributed by atoms with E-state index in [4.69, 9.17) is 26.1 Å². The highest BCUT2D eigenvalue weighted by atomic mass is 35.5. The summed E-state index contributed by atoms with van der Waals surface area (Å²) in [5.41, 5.74) is -1.29. The Morgan fingerprint density at radius 1 is 0.950 bits per heavy atom. The Bertz CT molecular complexity index is 1270. The van der Waals surface area contributed by atoms with E-state index in [0.717, 1.165) is 19.3 Å². The summed E-state index contributed by atoms with van der Waals surface area (Å²) in [5, 5.41) is 3.30. The zero-order valence-corrected chi connectivity index (χ0v) is 25.1. The van der Waals surface area contributed by atoms with Crippen LogP contribution in [0.4, 0.5) is 25.7 Å². The minimum Gasteiger partial charge on any atom is -0.444 e. The first-order chi connectivity index (χ1) is 18.6. The van der Waals surface area contributed by atoms with Crippen molar-refractivity contribution < 1.29 is 23.5 Å². The topological polar surface area (TPSA) is 104 Å². The number of piperazine rings is 1. The molecule has 220 valence electrons. The number of pyridine rings is 1. The van der Waals surface area contributed by atoms with Crippen LogP contribution in [0, 0.1) is 5.82 Å². The van der Waals surface area contributed by atoms with Gasteiger partial charge in [-0.25, -0.2) is 29.0 Å². The van der Waals surface area contributed by atoms with Crippen LogP contribution in [0.3, 0.4) is 0 Å². The van der Waals surface area contributed by atoms with E-state index in [1.165, 1.54) is 11.2 Å². The number of amides is 2. The van der Waals surface area contributed by atoms with Gasteiger partial charge in [-0.05, 0) is 67.7 Å². The van der Waals surface area contributed by atoms with Crippen LogP contribution in [0.15, 0.2) is 6.20 Å². The van der Waals surface area contributed by atoms with Crippen molar-refractivity contribution in [1.82, 2.24) is 24.9 Å². The zero-order chi connectivity index (χ0) is 29.4. The number of anilines is 2. The molecule has 11 nitrogen and oxygen atoms in total. The van der Waals surface area contributed by atoms with Gasteiger partial charge >= 0.3 is 12.2 Å². The largest absolute Gasteiger partial charge is 0.444 e. The summed E-state index contributed by atoms with van der Waals surface area (Å²) >= 11 is 6.06. The normalized spacial score (nSPS) is 19.1. The summed E-state index contributed by atoms with van der Waals surface area (Å²) in [6, 6.07) is -0.196. The van der Waals surface area contributed by atoms with Gasteiger partial charge < -0.3 is 19.3 Å². The number of nitrogens with zero attached hydrogens (tertiary/aromatic N) is 7. The number of hydrogen-bond donors (Lipinski definition) is 0. The zero-order valence-electron chi connectivity index (χ0n) is 24.3. The van der Waals surface area contributed by atoms with E-state index in [1.54, 1.807) is 9.91 Å². The van der Waals surface area contributed by atoms with Crippen LogP contribution in [0.5, 0.6) is 0 Å². The van der Waals surface area contributed by atoms with Gasteiger partial charge in [-0.2, -0.15) is 4.98 Å². The molecule has 13 heteroatoms. The second-order valence-corrected chi connectivity index (χ2v) is 12.6. The molecular weight excluding hydrogens is 541 g/mol. The second-order valence-electron chi connectivity index (χ2n) is 12.2. The number of halogens is 2. The molecule has 4 heterocycles. The molecule has 0 aromatic carbocycles. The lowest BCUT2D eigenvalue weighted by Gasteiger charge is -2.41. The van der Waals surface area contributed by atoms with Crippen molar-refractivity contribution in [2.45, 2.75) is 85.0 Å². The highest BCUT2D eigenvalue weighted by Gasteiger charge is 2.34. The van der Waals surface area contributed by atoms with Crippen molar-refractivity contribution in [3.63, 3.8) is 0 Å². The first kappa shape index (κ1) is 29.8. The van der Waals surface area contributed by atoms with Crippen LogP contribution in [0.25, 0.3) is 10.9 Å². The van der Waals surface area contributed by atoms with Gasteiger partial charge in [-0.15, -0.1) is 0 Å². The van der Waals surface area contributed by atoms with Gasteiger partial charge in [0.05, 0.1) is 5.39 Å².